The van der Waals surface area contributed by atoms with Gasteiger partial charge in [-0.05, 0) is 28.7 Å². The van der Waals surface area contributed by atoms with Crippen LogP contribution in [0.15, 0.2) is 12.3 Å². The van der Waals surface area contributed by atoms with Gasteiger partial charge in [0.15, 0.2) is 0 Å². The second kappa shape index (κ2) is 5.40. The van der Waals surface area contributed by atoms with Crippen molar-refractivity contribution in [1.82, 2.24) is 4.98 Å². The van der Waals surface area contributed by atoms with Crippen molar-refractivity contribution < 1.29 is 14.3 Å². The van der Waals surface area contributed by atoms with Crippen LogP contribution in [-0.2, 0) is 14.3 Å². The fourth-order valence-electron chi connectivity index (χ4n) is 1.84. The van der Waals surface area contributed by atoms with Crippen molar-refractivity contribution in [3.63, 3.8) is 0 Å². The minimum Gasteiger partial charge on any atom is -0.469 e. The fourth-order valence-corrected chi connectivity index (χ4v) is 2.95. The normalized spacial score (nSPS) is 19.2. The van der Waals surface area contributed by atoms with Crippen molar-refractivity contribution >= 4 is 51.9 Å². The number of rotatable bonds is 2. The maximum absolute atomic E-state index is 11.9. The van der Waals surface area contributed by atoms with Crippen molar-refractivity contribution in [3.8, 4) is 0 Å². The molecule has 1 atom stereocenters. The third-order valence-electron chi connectivity index (χ3n) is 2.70. The summed E-state index contributed by atoms with van der Waals surface area (Å²) in [4.78, 5) is 29.0. The molecule has 2 heterocycles. The first-order valence-corrected chi connectivity index (χ1v) is 6.68. The summed E-state index contributed by atoms with van der Waals surface area (Å²) < 4.78 is 5.43. The predicted molar refractivity (Wildman–Crippen MR) is 74.4 cm³/mol. The summed E-state index contributed by atoms with van der Waals surface area (Å²) in [5, 5.41) is 0.513. The van der Waals surface area contributed by atoms with Crippen LogP contribution in [0.25, 0.3) is 0 Å². The van der Waals surface area contributed by atoms with E-state index in [0.29, 0.717) is 17.4 Å². The molecule has 0 spiro atoms. The number of anilines is 1. The average molecular weight is 381 g/mol. The number of carbonyl (C=O) groups is 2. The zero-order valence-electron chi connectivity index (χ0n) is 9.52. The quantitative estimate of drug-likeness (QED) is 0.580. The molecule has 1 aromatic rings. The third-order valence-corrected chi connectivity index (χ3v) is 3.70. The van der Waals surface area contributed by atoms with Gasteiger partial charge in [-0.3, -0.25) is 14.5 Å². The van der Waals surface area contributed by atoms with Crippen LogP contribution in [0.4, 0.5) is 5.82 Å². The van der Waals surface area contributed by atoms with Crippen LogP contribution in [0.5, 0.6) is 0 Å². The molecule has 0 aromatic carbocycles. The van der Waals surface area contributed by atoms with Gasteiger partial charge in [0.25, 0.3) is 0 Å². The average Bonchev–Trinajstić information content (AvgIpc) is 2.70. The maximum atomic E-state index is 11.9. The molecule has 1 aromatic heterocycles. The van der Waals surface area contributed by atoms with Crippen molar-refractivity contribution in [2.45, 2.75) is 6.42 Å². The van der Waals surface area contributed by atoms with Gasteiger partial charge in [-0.1, -0.05) is 11.6 Å². The molecule has 1 amide bonds. The maximum Gasteiger partial charge on any atom is 0.311 e. The Morgan fingerprint density at radius 2 is 2.39 bits per heavy atom. The molecule has 0 aliphatic carbocycles. The highest BCUT2D eigenvalue weighted by Crippen LogP contribution is 2.29. The number of aromatic nitrogens is 1. The van der Waals surface area contributed by atoms with E-state index in [-0.39, 0.29) is 18.3 Å². The Kier molecular flexibility index (Phi) is 4.06. The second-order valence-electron chi connectivity index (χ2n) is 3.89. The Bertz CT molecular complexity index is 509. The van der Waals surface area contributed by atoms with E-state index in [0.717, 1.165) is 3.57 Å². The molecule has 18 heavy (non-hydrogen) atoms. The summed E-state index contributed by atoms with van der Waals surface area (Å²) >= 11 is 7.88. The van der Waals surface area contributed by atoms with E-state index >= 15 is 0 Å². The number of ether oxygens (including phenoxy) is 1. The Balaban J connectivity index is 2.24. The van der Waals surface area contributed by atoms with Gasteiger partial charge in [-0.15, -0.1) is 0 Å². The van der Waals surface area contributed by atoms with E-state index in [9.17, 15) is 9.59 Å². The number of nitrogens with zero attached hydrogens (tertiary/aromatic N) is 2. The number of hydrogen-bond acceptors (Lipinski definition) is 4. The number of methoxy groups -OCH3 is 1. The van der Waals surface area contributed by atoms with E-state index in [4.69, 9.17) is 11.6 Å². The van der Waals surface area contributed by atoms with Gasteiger partial charge >= 0.3 is 5.97 Å². The molecular weight excluding hydrogens is 370 g/mol. The Morgan fingerprint density at radius 1 is 1.67 bits per heavy atom. The summed E-state index contributed by atoms with van der Waals surface area (Å²) in [5.74, 6) is -0.375. The zero-order valence-corrected chi connectivity index (χ0v) is 12.4. The SMILES string of the molecule is COC(=O)C1CC(=O)N(c2ncc(Cl)cc2I)C1. The van der Waals surface area contributed by atoms with E-state index in [1.54, 1.807) is 6.07 Å². The summed E-state index contributed by atoms with van der Waals surface area (Å²) in [6, 6.07) is 1.73. The smallest absolute Gasteiger partial charge is 0.311 e. The van der Waals surface area contributed by atoms with Crippen LogP contribution in [0.3, 0.4) is 0 Å². The lowest BCUT2D eigenvalue weighted by Gasteiger charge is -2.16. The van der Waals surface area contributed by atoms with E-state index in [2.05, 4.69) is 32.3 Å². The Hall–Kier alpha value is -0.890. The molecular formula is C11H10ClIN2O3. The molecule has 0 bridgehead atoms. The molecule has 7 heteroatoms. The summed E-state index contributed by atoms with van der Waals surface area (Å²) in [6.07, 6.45) is 1.64. The van der Waals surface area contributed by atoms with Crippen molar-refractivity contribution in [1.29, 1.82) is 0 Å². The highest BCUT2D eigenvalue weighted by molar-refractivity contribution is 14.1. The highest BCUT2D eigenvalue weighted by Gasteiger charge is 2.37. The lowest BCUT2D eigenvalue weighted by atomic mass is 10.1. The van der Waals surface area contributed by atoms with Crippen molar-refractivity contribution in [3.05, 3.63) is 20.9 Å². The molecule has 1 fully saturated rings. The second-order valence-corrected chi connectivity index (χ2v) is 5.49. The van der Waals surface area contributed by atoms with Gasteiger partial charge in [-0.25, -0.2) is 4.98 Å². The molecule has 1 aliphatic rings. The summed E-state index contributed by atoms with van der Waals surface area (Å²) in [6.45, 7) is 0.302. The monoisotopic (exact) mass is 380 g/mol. The van der Waals surface area contributed by atoms with Gasteiger partial charge in [-0.2, -0.15) is 0 Å². The van der Waals surface area contributed by atoms with Crippen LogP contribution in [0.2, 0.25) is 5.02 Å². The minimum atomic E-state index is -0.421. The molecule has 1 aliphatic heterocycles. The molecule has 0 saturated carbocycles. The molecule has 5 nitrogen and oxygen atoms in total. The number of carbonyl (C=O) groups excluding carboxylic acids is 2. The van der Waals surface area contributed by atoms with Crippen LogP contribution in [0, 0.1) is 9.49 Å². The highest BCUT2D eigenvalue weighted by atomic mass is 127. The Morgan fingerprint density at radius 3 is 3.00 bits per heavy atom. The van der Waals surface area contributed by atoms with Crippen molar-refractivity contribution in [2.75, 3.05) is 18.6 Å². The largest absolute Gasteiger partial charge is 0.469 e. The van der Waals surface area contributed by atoms with Crippen LogP contribution >= 0.6 is 34.2 Å². The number of hydrogen-bond donors (Lipinski definition) is 0. The topological polar surface area (TPSA) is 59.5 Å². The molecule has 0 radical (unpaired) electrons. The number of halogens is 2. The first-order chi connectivity index (χ1) is 8.52. The number of pyridine rings is 1. The summed E-state index contributed by atoms with van der Waals surface area (Å²) in [7, 11) is 1.32. The van der Waals surface area contributed by atoms with E-state index in [1.165, 1.54) is 18.2 Å². The molecule has 2 rings (SSSR count). The van der Waals surface area contributed by atoms with Gasteiger partial charge in [0, 0.05) is 19.2 Å². The first kappa shape index (κ1) is 13.5. The molecule has 1 unspecified atom stereocenters. The van der Waals surface area contributed by atoms with Crippen LogP contribution in [0.1, 0.15) is 6.42 Å². The zero-order chi connectivity index (χ0) is 13.3. The summed E-state index contributed by atoms with van der Waals surface area (Å²) in [5.41, 5.74) is 0. The minimum absolute atomic E-state index is 0.127. The van der Waals surface area contributed by atoms with Gasteiger partial charge in [0.1, 0.15) is 5.82 Å². The molecule has 1 saturated heterocycles. The standard InChI is InChI=1S/C11H10ClIN2O3/c1-18-11(17)6-2-9(16)15(5-6)10-8(13)3-7(12)4-14-10/h3-4,6H,2,5H2,1H3. The van der Waals surface area contributed by atoms with E-state index in [1.807, 2.05) is 0 Å². The van der Waals surface area contributed by atoms with Gasteiger partial charge < -0.3 is 4.74 Å². The lowest BCUT2D eigenvalue weighted by Crippen LogP contribution is -2.27. The fraction of sp³-hybridized carbons (Fsp3) is 0.364. The predicted octanol–water partition coefficient (Wildman–Crippen LogP) is 1.87. The lowest BCUT2D eigenvalue weighted by molar-refractivity contribution is -0.145. The molecule has 0 N–H and O–H groups in total. The first-order valence-electron chi connectivity index (χ1n) is 5.22. The van der Waals surface area contributed by atoms with Crippen LogP contribution < -0.4 is 4.90 Å². The van der Waals surface area contributed by atoms with Gasteiger partial charge in [0.2, 0.25) is 5.91 Å². The van der Waals surface area contributed by atoms with Crippen LogP contribution in [-0.4, -0.2) is 30.5 Å². The third kappa shape index (κ3) is 2.59. The Labute approximate surface area is 123 Å². The number of esters is 1. The molecule has 96 valence electrons. The number of amides is 1. The van der Waals surface area contributed by atoms with Crippen molar-refractivity contribution in [2.24, 2.45) is 5.92 Å². The van der Waals surface area contributed by atoms with Gasteiger partial charge in [0.05, 0.1) is 21.6 Å². The van der Waals surface area contributed by atoms with E-state index < -0.39 is 5.92 Å².